The first-order chi connectivity index (χ1) is 13.1. The van der Waals surface area contributed by atoms with Gasteiger partial charge in [-0.1, -0.05) is 25.9 Å². The molecule has 1 aromatic heterocycles. The van der Waals surface area contributed by atoms with Crippen LogP contribution in [0.3, 0.4) is 0 Å². The van der Waals surface area contributed by atoms with Crippen LogP contribution >= 0.6 is 0 Å². The van der Waals surface area contributed by atoms with Crippen LogP contribution in [0.2, 0.25) is 0 Å². The molecule has 6 heteroatoms. The number of ketones is 1. The molecule has 150 valence electrons. The Balaban J connectivity index is 1.91. The van der Waals surface area contributed by atoms with Crippen molar-refractivity contribution < 1.29 is 18.8 Å². The quantitative estimate of drug-likeness (QED) is 0.743. The molecule has 0 aliphatic carbocycles. The van der Waals surface area contributed by atoms with Crippen molar-refractivity contribution in [2.75, 3.05) is 13.7 Å². The molecule has 0 N–H and O–H groups in total. The zero-order chi connectivity index (χ0) is 20.6. The van der Waals surface area contributed by atoms with Gasteiger partial charge in [0.25, 0.3) is 5.91 Å². The molecule has 0 bridgehead atoms. The van der Waals surface area contributed by atoms with Crippen molar-refractivity contribution in [1.82, 2.24) is 10.1 Å². The van der Waals surface area contributed by atoms with Crippen molar-refractivity contribution in [3.8, 4) is 5.75 Å². The summed E-state index contributed by atoms with van der Waals surface area (Å²) in [6.45, 7) is 10.2. The molecule has 6 nitrogen and oxygen atoms in total. The number of ether oxygens (including phenoxy) is 1. The van der Waals surface area contributed by atoms with Gasteiger partial charge in [0.1, 0.15) is 22.8 Å². The molecule has 1 aliphatic heterocycles. The number of likely N-dealkylation sites (tertiary alicyclic amines) is 1. The third-order valence-electron chi connectivity index (χ3n) is 5.28. The number of rotatable bonds is 4. The van der Waals surface area contributed by atoms with E-state index in [9.17, 15) is 9.59 Å². The highest BCUT2D eigenvalue weighted by Crippen LogP contribution is 2.31. The topological polar surface area (TPSA) is 72.6 Å². The van der Waals surface area contributed by atoms with E-state index in [0.29, 0.717) is 35.5 Å². The number of hydrogen-bond acceptors (Lipinski definition) is 5. The lowest BCUT2D eigenvalue weighted by Gasteiger charge is -2.25. The van der Waals surface area contributed by atoms with Crippen molar-refractivity contribution >= 4 is 11.7 Å². The molecular formula is C22H28N2O4. The number of amides is 1. The maximum atomic E-state index is 13.4. The van der Waals surface area contributed by atoms with E-state index in [-0.39, 0.29) is 17.1 Å². The van der Waals surface area contributed by atoms with Crippen molar-refractivity contribution in [3.63, 3.8) is 0 Å². The van der Waals surface area contributed by atoms with E-state index in [4.69, 9.17) is 9.26 Å². The second-order valence-electron chi connectivity index (χ2n) is 8.42. The van der Waals surface area contributed by atoms with Crippen LogP contribution in [-0.4, -0.2) is 41.4 Å². The van der Waals surface area contributed by atoms with Crippen LogP contribution in [0, 0.1) is 13.8 Å². The summed E-state index contributed by atoms with van der Waals surface area (Å²) in [6.07, 6.45) is 1.46. The monoisotopic (exact) mass is 384 g/mol. The first-order valence-electron chi connectivity index (χ1n) is 9.61. The van der Waals surface area contributed by atoms with Gasteiger partial charge >= 0.3 is 0 Å². The van der Waals surface area contributed by atoms with E-state index in [1.807, 2.05) is 33.8 Å². The lowest BCUT2D eigenvalue weighted by Crippen LogP contribution is -2.41. The Bertz CT molecular complexity index is 908. The molecule has 1 saturated heterocycles. The summed E-state index contributed by atoms with van der Waals surface area (Å²) < 4.78 is 10.6. The maximum Gasteiger partial charge on any atom is 0.260 e. The highest BCUT2D eigenvalue weighted by atomic mass is 16.5. The summed E-state index contributed by atoms with van der Waals surface area (Å²) >= 11 is 0. The molecule has 2 aromatic rings. The van der Waals surface area contributed by atoms with E-state index in [0.717, 1.165) is 17.7 Å². The molecule has 1 fully saturated rings. The number of hydrogen-bond donors (Lipinski definition) is 0. The van der Waals surface area contributed by atoms with Crippen molar-refractivity contribution in [3.05, 3.63) is 46.3 Å². The summed E-state index contributed by atoms with van der Waals surface area (Å²) in [5, 5.41) is 4.12. The van der Waals surface area contributed by atoms with Crippen LogP contribution in [0.5, 0.6) is 5.75 Å². The first-order valence-corrected chi connectivity index (χ1v) is 9.61. The molecular weight excluding hydrogens is 356 g/mol. The molecule has 1 aromatic carbocycles. The van der Waals surface area contributed by atoms with E-state index >= 15 is 0 Å². The average Bonchev–Trinajstić information content (AvgIpc) is 3.26. The Morgan fingerprint density at radius 3 is 2.57 bits per heavy atom. The van der Waals surface area contributed by atoms with E-state index in [1.165, 1.54) is 0 Å². The number of carbonyl (C=O) groups excluding carboxylic acids is 2. The van der Waals surface area contributed by atoms with Gasteiger partial charge < -0.3 is 14.2 Å². The zero-order valence-corrected chi connectivity index (χ0v) is 17.5. The number of aryl methyl sites for hydroxylation is 2. The van der Waals surface area contributed by atoms with Gasteiger partial charge in [-0.15, -0.1) is 0 Å². The van der Waals surface area contributed by atoms with Gasteiger partial charge in [-0.05, 0) is 50.5 Å². The van der Waals surface area contributed by atoms with Crippen molar-refractivity contribution in [1.29, 1.82) is 0 Å². The zero-order valence-electron chi connectivity index (χ0n) is 17.5. The van der Waals surface area contributed by atoms with Gasteiger partial charge in [-0.3, -0.25) is 9.59 Å². The number of Topliss-reactive ketones (excluding diaryl/α,β-unsaturated/α-hetero) is 1. The van der Waals surface area contributed by atoms with Gasteiger partial charge in [-0.25, -0.2) is 0 Å². The van der Waals surface area contributed by atoms with Crippen LogP contribution in [0.4, 0.5) is 0 Å². The predicted molar refractivity (Wildman–Crippen MR) is 106 cm³/mol. The van der Waals surface area contributed by atoms with E-state index in [2.05, 4.69) is 5.16 Å². The fourth-order valence-electron chi connectivity index (χ4n) is 3.79. The average molecular weight is 384 g/mol. The Hall–Kier alpha value is -2.63. The first kappa shape index (κ1) is 20.1. The number of nitrogens with zero attached hydrogens (tertiary/aromatic N) is 2. The second-order valence-corrected chi connectivity index (χ2v) is 8.42. The minimum atomic E-state index is -0.470. The Morgan fingerprint density at radius 2 is 1.96 bits per heavy atom. The largest absolute Gasteiger partial charge is 0.496 e. The van der Waals surface area contributed by atoms with Crippen LogP contribution in [0.1, 0.15) is 71.3 Å². The summed E-state index contributed by atoms with van der Waals surface area (Å²) in [6, 6.07) is 4.92. The summed E-state index contributed by atoms with van der Waals surface area (Å²) in [7, 11) is 1.61. The molecule has 1 unspecified atom stereocenters. The van der Waals surface area contributed by atoms with Crippen LogP contribution in [0.25, 0.3) is 0 Å². The van der Waals surface area contributed by atoms with E-state index < -0.39 is 6.04 Å². The summed E-state index contributed by atoms with van der Waals surface area (Å²) in [5.41, 5.74) is 2.29. The predicted octanol–water partition coefficient (Wildman–Crippen LogP) is 4.09. The van der Waals surface area contributed by atoms with Gasteiger partial charge in [0.05, 0.1) is 13.2 Å². The van der Waals surface area contributed by atoms with Crippen molar-refractivity contribution in [2.24, 2.45) is 0 Å². The molecule has 1 amide bonds. The highest BCUT2D eigenvalue weighted by Gasteiger charge is 2.39. The van der Waals surface area contributed by atoms with Crippen LogP contribution in [0.15, 0.2) is 22.7 Å². The molecule has 3 rings (SSSR count). The SMILES string of the molecule is COc1ccc(C(=O)C2CCCN2C(=O)c2c(C(C)(C)C)noc2C)cc1C. The Labute approximate surface area is 165 Å². The Kier molecular flexibility index (Phi) is 5.33. The molecule has 0 radical (unpaired) electrons. The maximum absolute atomic E-state index is 13.4. The van der Waals surface area contributed by atoms with Crippen LogP contribution in [-0.2, 0) is 5.41 Å². The standard InChI is InChI=1S/C22H28N2O4/c1-13-12-15(9-10-17(13)27-6)19(25)16-8-7-11-24(16)21(26)18-14(2)28-23-20(18)22(3,4)5/h9-10,12,16H,7-8,11H2,1-6H3. The molecule has 2 heterocycles. The molecule has 0 saturated carbocycles. The number of aromatic nitrogens is 1. The van der Waals surface area contributed by atoms with Gasteiger partial charge in [0, 0.05) is 17.5 Å². The minimum Gasteiger partial charge on any atom is -0.496 e. The molecule has 1 aliphatic rings. The summed E-state index contributed by atoms with van der Waals surface area (Å²) in [5.74, 6) is 1.02. The van der Waals surface area contributed by atoms with Crippen LogP contribution < -0.4 is 4.74 Å². The third-order valence-corrected chi connectivity index (χ3v) is 5.28. The molecule has 1 atom stereocenters. The smallest absolute Gasteiger partial charge is 0.260 e. The summed E-state index contributed by atoms with van der Waals surface area (Å²) in [4.78, 5) is 28.2. The number of methoxy groups -OCH3 is 1. The second kappa shape index (κ2) is 7.41. The normalized spacial score (nSPS) is 17.1. The van der Waals surface area contributed by atoms with Crippen molar-refractivity contribution in [2.45, 2.75) is 58.9 Å². The fraction of sp³-hybridized carbons (Fsp3) is 0.500. The molecule has 28 heavy (non-hydrogen) atoms. The lowest BCUT2D eigenvalue weighted by atomic mass is 9.88. The number of benzene rings is 1. The molecule has 0 spiro atoms. The number of carbonyl (C=O) groups is 2. The van der Waals surface area contributed by atoms with Gasteiger partial charge in [0.15, 0.2) is 5.78 Å². The van der Waals surface area contributed by atoms with E-state index in [1.54, 1.807) is 31.1 Å². The third kappa shape index (κ3) is 3.55. The lowest BCUT2D eigenvalue weighted by molar-refractivity contribution is 0.0668. The minimum absolute atomic E-state index is 0.0389. The highest BCUT2D eigenvalue weighted by molar-refractivity contribution is 6.05. The fourth-order valence-corrected chi connectivity index (χ4v) is 3.79. The Morgan fingerprint density at radius 1 is 1.25 bits per heavy atom. The van der Waals surface area contributed by atoms with Gasteiger partial charge in [-0.2, -0.15) is 0 Å². The van der Waals surface area contributed by atoms with Gasteiger partial charge in [0.2, 0.25) is 0 Å².